The van der Waals surface area contributed by atoms with Gasteiger partial charge in [0.15, 0.2) is 0 Å². The number of carbonyl (C=O) groups excluding carboxylic acids is 1. The molecule has 4 nitrogen and oxygen atoms in total. The van der Waals surface area contributed by atoms with E-state index >= 15 is 0 Å². The molecule has 5 heteroatoms. The van der Waals surface area contributed by atoms with Crippen LogP contribution in [0.5, 0.6) is 0 Å². The van der Waals surface area contributed by atoms with Crippen LogP contribution >= 0.6 is 11.8 Å². The van der Waals surface area contributed by atoms with Crippen LogP contribution in [0.4, 0.5) is 0 Å². The topological polar surface area (TPSA) is 41.6 Å². The van der Waals surface area contributed by atoms with Crippen LogP contribution in [-0.4, -0.2) is 55.4 Å². The first-order chi connectivity index (χ1) is 10.2. The molecule has 0 aromatic heterocycles. The lowest BCUT2D eigenvalue weighted by Crippen LogP contribution is -2.40. The van der Waals surface area contributed by atoms with Gasteiger partial charge in [-0.15, -0.1) is 11.8 Å². The molecule has 1 saturated heterocycles. The van der Waals surface area contributed by atoms with Gasteiger partial charge in [-0.05, 0) is 25.5 Å². The largest absolute Gasteiger partial charge is 0.379 e. The van der Waals surface area contributed by atoms with E-state index in [0.29, 0.717) is 5.75 Å². The maximum atomic E-state index is 11.9. The molecule has 116 valence electrons. The maximum Gasteiger partial charge on any atom is 0.230 e. The highest BCUT2D eigenvalue weighted by Crippen LogP contribution is 2.16. The van der Waals surface area contributed by atoms with Crippen LogP contribution in [0.3, 0.4) is 0 Å². The van der Waals surface area contributed by atoms with Gasteiger partial charge in [-0.3, -0.25) is 9.69 Å². The standard InChI is InChI=1S/C16H24N2O2S/c1-14(7-8-18-9-11-20-12-10-18)17-16(19)13-21-15-5-3-2-4-6-15/h2-6,14H,7-13H2,1H3,(H,17,19). The van der Waals surface area contributed by atoms with E-state index in [0.717, 1.165) is 44.2 Å². The van der Waals surface area contributed by atoms with Gasteiger partial charge >= 0.3 is 0 Å². The maximum absolute atomic E-state index is 11.9. The predicted molar refractivity (Wildman–Crippen MR) is 86.6 cm³/mol. The molecule has 1 amide bonds. The summed E-state index contributed by atoms with van der Waals surface area (Å²) in [5, 5.41) is 3.07. The van der Waals surface area contributed by atoms with E-state index in [1.165, 1.54) is 0 Å². The van der Waals surface area contributed by atoms with E-state index in [2.05, 4.69) is 17.1 Å². The number of thioether (sulfide) groups is 1. The summed E-state index contributed by atoms with van der Waals surface area (Å²) in [7, 11) is 0. The first-order valence-corrected chi connectivity index (χ1v) is 8.50. The second-order valence-electron chi connectivity index (χ2n) is 5.31. The molecule has 1 aliphatic heterocycles. The van der Waals surface area contributed by atoms with Crippen molar-refractivity contribution in [3.05, 3.63) is 30.3 Å². The van der Waals surface area contributed by atoms with E-state index in [-0.39, 0.29) is 11.9 Å². The Hall–Kier alpha value is -1.04. The Balaban J connectivity index is 1.60. The number of rotatable bonds is 7. The zero-order valence-corrected chi connectivity index (χ0v) is 13.4. The summed E-state index contributed by atoms with van der Waals surface area (Å²) in [4.78, 5) is 15.4. The van der Waals surface area contributed by atoms with Crippen molar-refractivity contribution in [3.8, 4) is 0 Å². The number of hydrogen-bond donors (Lipinski definition) is 1. The van der Waals surface area contributed by atoms with Gasteiger partial charge in [0.05, 0.1) is 19.0 Å². The summed E-state index contributed by atoms with van der Waals surface area (Å²) in [6, 6.07) is 10.2. The van der Waals surface area contributed by atoms with Gasteiger partial charge in [0.2, 0.25) is 5.91 Å². The Kier molecular flexibility index (Phi) is 7.06. The molecular weight excluding hydrogens is 284 g/mol. The first-order valence-electron chi connectivity index (χ1n) is 7.51. The van der Waals surface area contributed by atoms with Crippen LogP contribution in [0.15, 0.2) is 35.2 Å². The lowest BCUT2D eigenvalue weighted by atomic mass is 10.2. The molecule has 21 heavy (non-hydrogen) atoms. The molecule has 1 unspecified atom stereocenters. The predicted octanol–water partition coefficient (Wildman–Crippen LogP) is 2.01. The van der Waals surface area contributed by atoms with E-state index in [9.17, 15) is 4.79 Å². The summed E-state index contributed by atoms with van der Waals surface area (Å²) >= 11 is 1.58. The molecule has 0 aliphatic carbocycles. The number of hydrogen-bond acceptors (Lipinski definition) is 4. The third-order valence-corrected chi connectivity index (χ3v) is 4.51. The second-order valence-corrected chi connectivity index (χ2v) is 6.36. The van der Waals surface area contributed by atoms with Crippen LogP contribution in [0.1, 0.15) is 13.3 Å². The van der Waals surface area contributed by atoms with Crippen molar-refractivity contribution in [3.63, 3.8) is 0 Å². The van der Waals surface area contributed by atoms with E-state index in [4.69, 9.17) is 4.74 Å². The van der Waals surface area contributed by atoms with Crippen molar-refractivity contribution in [1.29, 1.82) is 0 Å². The molecule has 1 fully saturated rings. The van der Waals surface area contributed by atoms with Gasteiger partial charge in [0.1, 0.15) is 0 Å². The van der Waals surface area contributed by atoms with Crippen molar-refractivity contribution in [2.24, 2.45) is 0 Å². The molecule has 2 rings (SSSR count). The lowest BCUT2D eigenvalue weighted by Gasteiger charge is -2.27. The van der Waals surface area contributed by atoms with Gasteiger partial charge in [-0.2, -0.15) is 0 Å². The fourth-order valence-electron chi connectivity index (χ4n) is 2.26. The van der Waals surface area contributed by atoms with Crippen molar-refractivity contribution >= 4 is 17.7 Å². The summed E-state index contributed by atoms with van der Waals surface area (Å²) < 4.78 is 5.33. The molecule has 0 saturated carbocycles. The van der Waals surface area contributed by atoms with Crippen LogP contribution in [0.25, 0.3) is 0 Å². The Labute approximate surface area is 131 Å². The van der Waals surface area contributed by atoms with Crippen molar-refractivity contribution in [2.75, 3.05) is 38.6 Å². The third kappa shape index (κ3) is 6.50. The summed E-state index contributed by atoms with van der Waals surface area (Å²) in [5.74, 6) is 0.588. The molecule has 0 radical (unpaired) electrons. The normalized spacial score (nSPS) is 17.4. The number of ether oxygens (including phenoxy) is 1. The van der Waals surface area contributed by atoms with Crippen molar-refractivity contribution in [1.82, 2.24) is 10.2 Å². The third-order valence-electron chi connectivity index (χ3n) is 3.50. The fraction of sp³-hybridized carbons (Fsp3) is 0.562. The number of nitrogens with zero attached hydrogens (tertiary/aromatic N) is 1. The number of benzene rings is 1. The number of morpholine rings is 1. The highest BCUT2D eigenvalue weighted by molar-refractivity contribution is 8.00. The van der Waals surface area contributed by atoms with Crippen molar-refractivity contribution < 1.29 is 9.53 Å². The average molecular weight is 308 g/mol. The van der Waals surface area contributed by atoms with Gasteiger partial charge in [-0.25, -0.2) is 0 Å². The van der Waals surface area contributed by atoms with Crippen LogP contribution in [0, 0.1) is 0 Å². The van der Waals surface area contributed by atoms with Crippen molar-refractivity contribution in [2.45, 2.75) is 24.3 Å². The minimum atomic E-state index is 0.110. The highest BCUT2D eigenvalue weighted by Gasteiger charge is 2.13. The summed E-state index contributed by atoms with van der Waals surface area (Å²) in [5.41, 5.74) is 0. The zero-order chi connectivity index (χ0) is 14.9. The molecular formula is C16H24N2O2S. The zero-order valence-electron chi connectivity index (χ0n) is 12.6. The molecule has 1 heterocycles. The van der Waals surface area contributed by atoms with Crippen LogP contribution < -0.4 is 5.32 Å². The quantitative estimate of drug-likeness (QED) is 0.782. The summed E-state index contributed by atoms with van der Waals surface area (Å²) in [6.07, 6.45) is 0.988. The number of carbonyl (C=O) groups is 1. The average Bonchev–Trinajstić information content (AvgIpc) is 2.53. The first kappa shape index (κ1) is 16.3. The molecule has 1 aliphatic rings. The summed E-state index contributed by atoms with van der Waals surface area (Å²) in [6.45, 7) is 6.76. The molecule has 0 bridgehead atoms. The second kappa shape index (κ2) is 9.07. The minimum Gasteiger partial charge on any atom is -0.379 e. The van der Waals surface area contributed by atoms with E-state index in [1.54, 1.807) is 11.8 Å². The Morgan fingerprint density at radius 3 is 2.76 bits per heavy atom. The molecule has 1 N–H and O–H groups in total. The van der Waals surface area contributed by atoms with Gasteiger partial charge in [-0.1, -0.05) is 18.2 Å². The Bertz CT molecular complexity index is 422. The van der Waals surface area contributed by atoms with E-state index in [1.807, 2.05) is 30.3 Å². The SMILES string of the molecule is CC(CCN1CCOCC1)NC(=O)CSc1ccccc1. The highest BCUT2D eigenvalue weighted by atomic mass is 32.2. The molecule has 1 aromatic carbocycles. The van der Waals surface area contributed by atoms with Crippen LogP contribution in [0.2, 0.25) is 0 Å². The molecule has 1 aromatic rings. The van der Waals surface area contributed by atoms with Gasteiger partial charge in [0, 0.05) is 30.6 Å². The van der Waals surface area contributed by atoms with Gasteiger partial charge in [0.25, 0.3) is 0 Å². The molecule has 1 atom stereocenters. The minimum absolute atomic E-state index is 0.110. The van der Waals surface area contributed by atoms with Crippen LogP contribution in [-0.2, 0) is 9.53 Å². The number of nitrogens with one attached hydrogen (secondary N) is 1. The fourth-order valence-corrected chi connectivity index (χ4v) is 2.99. The Morgan fingerprint density at radius 1 is 1.33 bits per heavy atom. The van der Waals surface area contributed by atoms with E-state index < -0.39 is 0 Å². The van der Waals surface area contributed by atoms with Gasteiger partial charge < -0.3 is 10.1 Å². The lowest BCUT2D eigenvalue weighted by molar-refractivity contribution is -0.119. The Morgan fingerprint density at radius 2 is 2.05 bits per heavy atom. The smallest absolute Gasteiger partial charge is 0.230 e. The molecule has 0 spiro atoms. The monoisotopic (exact) mass is 308 g/mol. The number of amides is 1.